The van der Waals surface area contributed by atoms with E-state index in [9.17, 15) is 0 Å². The number of fused-ring (bicyclic) bond motifs is 6. The van der Waals surface area contributed by atoms with Crippen molar-refractivity contribution < 1.29 is 0 Å². The van der Waals surface area contributed by atoms with Crippen LogP contribution in [0.4, 0.5) is 17.1 Å². The van der Waals surface area contributed by atoms with Gasteiger partial charge >= 0.3 is 0 Å². The highest BCUT2D eigenvalue weighted by Crippen LogP contribution is 2.42. The van der Waals surface area contributed by atoms with Gasteiger partial charge in [0, 0.05) is 37.2 Å². The minimum atomic E-state index is 1.11. The molecule has 0 bridgehead atoms. The smallest absolute Gasteiger partial charge is 0.0468 e. The van der Waals surface area contributed by atoms with Crippen LogP contribution >= 0.6 is 11.3 Å². The van der Waals surface area contributed by atoms with Crippen molar-refractivity contribution >= 4 is 70.1 Å². The van der Waals surface area contributed by atoms with Crippen molar-refractivity contribution in [3.8, 4) is 33.4 Å². The summed E-state index contributed by atoms with van der Waals surface area (Å²) in [7, 11) is 0. The van der Waals surface area contributed by atoms with Crippen LogP contribution in [0.15, 0.2) is 200 Å². The third-order valence-electron chi connectivity index (χ3n) is 10.2. The second kappa shape index (κ2) is 12.7. The van der Waals surface area contributed by atoms with Gasteiger partial charge in [-0.3, -0.25) is 0 Å². The summed E-state index contributed by atoms with van der Waals surface area (Å²) >= 11 is 1.87. The van der Waals surface area contributed by atoms with Gasteiger partial charge in [-0.05, 0) is 116 Å². The highest BCUT2D eigenvalue weighted by molar-refractivity contribution is 7.25. The maximum atomic E-state index is 2.41. The van der Waals surface area contributed by atoms with Gasteiger partial charge in [0.25, 0.3) is 0 Å². The van der Waals surface area contributed by atoms with Crippen LogP contribution in [0.1, 0.15) is 0 Å². The number of rotatable bonds is 6. The van der Waals surface area contributed by atoms with Crippen LogP contribution in [-0.4, -0.2) is 0 Å². The van der Waals surface area contributed by atoms with Crippen molar-refractivity contribution in [2.24, 2.45) is 0 Å². The van der Waals surface area contributed by atoms with Crippen LogP contribution in [0.25, 0.3) is 75.1 Å². The predicted molar refractivity (Wildman–Crippen MR) is 225 cm³/mol. The molecule has 0 aliphatic carbocycles. The first kappa shape index (κ1) is 30.4. The van der Waals surface area contributed by atoms with Gasteiger partial charge in [-0.1, -0.05) is 140 Å². The van der Waals surface area contributed by atoms with Gasteiger partial charge in [-0.25, -0.2) is 0 Å². The molecule has 0 aliphatic heterocycles. The molecule has 2 heteroatoms. The van der Waals surface area contributed by atoms with Gasteiger partial charge in [0.05, 0.1) is 0 Å². The Labute approximate surface area is 307 Å². The summed E-state index contributed by atoms with van der Waals surface area (Å²) in [6.45, 7) is 0. The molecule has 0 aliphatic rings. The van der Waals surface area contributed by atoms with Gasteiger partial charge in [-0.15, -0.1) is 11.3 Å². The van der Waals surface area contributed by atoms with Crippen molar-refractivity contribution in [1.29, 1.82) is 0 Å². The maximum absolute atomic E-state index is 2.41. The van der Waals surface area contributed by atoms with E-state index in [4.69, 9.17) is 0 Å². The van der Waals surface area contributed by atoms with Crippen LogP contribution in [-0.2, 0) is 0 Å². The topological polar surface area (TPSA) is 3.24 Å². The zero-order valence-corrected chi connectivity index (χ0v) is 29.2. The SMILES string of the molecule is c1ccc(-c2cccc(-c3cccc(N(c4cccc(-c5ccccc5)c4)c4ccc5ccc6cc7sc8ccccc8c7cc6c5c4)c3)c2)cc1. The van der Waals surface area contributed by atoms with Crippen LogP contribution < -0.4 is 4.90 Å². The summed E-state index contributed by atoms with van der Waals surface area (Å²) in [5, 5.41) is 7.68. The Bertz CT molecular complexity index is 2910. The number of hydrogen-bond acceptors (Lipinski definition) is 2. The van der Waals surface area contributed by atoms with E-state index in [0.29, 0.717) is 0 Å². The average molecular weight is 680 g/mol. The van der Waals surface area contributed by atoms with E-state index in [1.807, 2.05) is 11.3 Å². The molecular formula is C50H33NS. The van der Waals surface area contributed by atoms with E-state index < -0.39 is 0 Å². The van der Waals surface area contributed by atoms with E-state index in [1.54, 1.807) is 0 Å². The summed E-state index contributed by atoms with van der Waals surface area (Å²) in [4.78, 5) is 2.41. The maximum Gasteiger partial charge on any atom is 0.0468 e. The molecule has 244 valence electrons. The van der Waals surface area contributed by atoms with Crippen LogP contribution in [0, 0.1) is 0 Å². The molecule has 0 N–H and O–H groups in total. The second-order valence-corrected chi connectivity index (χ2v) is 14.5. The molecule has 10 rings (SSSR count). The van der Waals surface area contributed by atoms with Gasteiger partial charge < -0.3 is 4.90 Å². The fourth-order valence-electron chi connectivity index (χ4n) is 7.64. The van der Waals surface area contributed by atoms with E-state index in [2.05, 4.69) is 205 Å². The molecule has 0 radical (unpaired) electrons. The molecule has 1 heterocycles. The van der Waals surface area contributed by atoms with E-state index in [0.717, 1.165) is 17.1 Å². The molecule has 1 nitrogen and oxygen atoms in total. The predicted octanol–water partition coefficient (Wildman–Crippen LogP) is 14.8. The molecule has 0 spiro atoms. The Hall–Kier alpha value is -6.48. The molecule has 0 amide bonds. The lowest BCUT2D eigenvalue weighted by molar-refractivity contribution is 1.29. The Kier molecular flexibility index (Phi) is 7.41. The number of hydrogen-bond donors (Lipinski definition) is 0. The van der Waals surface area contributed by atoms with E-state index in [1.165, 1.54) is 75.1 Å². The van der Waals surface area contributed by atoms with Crippen molar-refractivity contribution in [2.45, 2.75) is 0 Å². The highest BCUT2D eigenvalue weighted by Gasteiger charge is 2.17. The first-order valence-electron chi connectivity index (χ1n) is 17.7. The minimum Gasteiger partial charge on any atom is -0.310 e. The first-order chi connectivity index (χ1) is 25.7. The molecule has 0 saturated carbocycles. The van der Waals surface area contributed by atoms with Crippen LogP contribution in [0.3, 0.4) is 0 Å². The summed E-state index contributed by atoms with van der Waals surface area (Å²) in [5.41, 5.74) is 10.5. The molecule has 10 aromatic rings. The number of nitrogens with zero attached hydrogens (tertiary/aromatic N) is 1. The Morgan fingerprint density at radius 2 is 0.769 bits per heavy atom. The fraction of sp³-hybridized carbons (Fsp3) is 0. The molecule has 52 heavy (non-hydrogen) atoms. The van der Waals surface area contributed by atoms with Gasteiger partial charge in [0.2, 0.25) is 0 Å². The number of anilines is 3. The lowest BCUT2D eigenvalue weighted by atomic mass is 9.97. The molecule has 0 saturated heterocycles. The molecule has 0 atom stereocenters. The van der Waals surface area contributed by atoms with Gasteiger partial charge in [0.15, 0.2) is 0 Å². The number of benzene rings is 9. The summed E-state index contributed by atoms with van der Waals surface area (Å²) in [5.74, 6) is 0. The van der Waals surface area contributed by atoms with E-state index in [-0.39, 0.29) is 0 Å². The fourth-order valence-corrected chi connectivity index (χ4v) is 8.77. The summed E-state index contributed by atoms with van der Waals surface area (Å²) < 4.78 is 2.66. The second-order valence-electron chi connectivity index (χ2n) is 13.4. The zero-order chi connectivity index (χ0) is 34.4. The van der Waals surface area contributed by atoms with Crippen molar-refractivity contribution in [3.05, 3.63) is 200 Å². The van der Waals surface area contributed by atoms with Crippen LogP contribution in [0.5, 0.6) is 0 Å². The number of thiophene rings is 1. The highest BCUT2D eigenvalue weighted by atomic mass is 32.1. The lowest BCUT2D eigenvalue weighted by Gasteiger charge is -2.27. The van der Waals surface area contributed by atoms with Crippen molar-refractivity contribution in [3.63, 3.8) is 0 Å². The van der Waals surface area contributed by atoms with Crippen molar-refractivity contribution in [2.75, 3.05) is 4.90 Å². The van der Waals surface area contributed by atoms with Gasteiger partial charge in [0.1, 0.15) is 0 Å². The van der Waals surface area contributed by atoms with E-state index >= 15 is 0 Å². The van der Waals surface area contributed by atoms with Crippen LogP contribution in [0.2, 0.25) is 0 Å². The summed E-state index contributed by atoms with van der Waals surface area (Å²) in [6, 6.07) is 73.0. The Balaban J connectivity index is 1.16. The molecule has 9 aromatic carbocycles. The third kappa shape index (κ3) is 5.42. The molecule has 1 aromatic heterocycles. The van der Waals surface area contributed by atoms with Gasteiger partial charge in [-0.2, -0.15) is 0 Å². The largest absolute Gasteiger partial charge is 0.310 e. The monoisotopic (exact) mass is 679 g/mol. The Morgan fingerprint density at radius 3 is 1.48 bits per heavy atom. The molecule has 0 unspecified atom stereocenters. The summed E-state index contributed by atoms with van der Waals surface area (Å²) in [6.07, 6.45) is 0. The zero-order valence-electron chi connectivity index (χ0n) is 28.4. The third-order valence-corrected chi connectivity index (χ3v) is 11.3. The lowest BCUT2D eigenvalue weighted by Crippen LogP contribution is -2.10. The van der Waals surface area contributed by atoms with Crippen molar-refractivity contribution in [1.82, 2.24) is 0 Å². The quantitative estimate of drug-likeness (QED) is 0.158. The standard InChI is InChI=1S/C50H33NS/c1-3-12-34(13-4-1)37-16-9-17-38(28-37)40-19-11-21-43(30-40)51(42-20-10-18-39(29-42)35-14-5-2-6-15-35)44-27-26-36-24-25-41-31-50-48(33-47(41)46(36)32-44)45-22-7-8-23-49(45)52-50/h1-33H. The molecule has 0 fully saturated rings. The average Bonchev–Trinajstić information content (AvgIpc) is 3.58. The Morgan fingerprint density at radius 1 is 0.269 bits per heavy atom. The normalized spacial score (nSPS) is 11.5. The minimum absolute atomic E-state index is 1.11. The first-order valence-corrected chi connectivity index (χ1v) is 18.6. The molecular weight excluding hydrogens is 647 g/mol.